The number of aliphatic imine (C=N–C) groups is 1. The first-order valence-electron chi connectivity index (χ1n) is 10.5. The van der Waals surface area contributed by atoms with E-state index in [4.69, 9.17) is 4.99 Å². The lowest BCUT2D eigenvalue weighted by atomic mass is 10.1. The number of aryl methyl sites for hydroxylation is 3. The second kappa shape index (κ2) is 10.8. The van der Waals surface area contributed by atoms with Gasteiger partial charge in [-0.3, -0.25) is 9.67 Å². The molecule has 0 fully saturated rings. The summed E-state index contributed by atoms with van der Waals surface area (Å²) in [6, 6.07) is 6.66. The minimum absolute atomic E-state index is 0. The number of benzene rings is 1. The molecule has 2 aromatic heterocycles. The van der Waals surface area contributed by atoms with Gasteiger partial charge in [-0.1, -0.05) is 12.1 Å². The van der Waals surface area contributed by atoms with Crippen molar-refractivity contribution in [3.05, 3.63) is 52.5 Å². The van der Waals surface area contributed by atoms with Gasteiger partial charge in [0.2, 0.25) is 0 Å². The Morgan fingerprint density at radius 3 is 2.70 bits per heavy atom. The van der Waals surface area contributed by atoms with Crippen LogP contribution in [0, 0.1) is 20.8 Å². The first-order valence-corrected chi connectivity index (χ1v) is 10.5. The number of guanidine groups is 1. The molecule has 0 aliphatic heterocycles. The predicted molar refractivity (Wildman–Crippen MR) is 137 cm³/mol. The molecular formula is C23H35IN6. The summed E-state index contributed by atoms with van der Waals surface area (Å²) in [6.45, 7) is 12.3. The van der Waals surface area contributed by atoms with Gasteiger partial charge in [0.15, 0.2) is 5.96 Å². The Morgan fingerprint density at radius 1 is 1.27 bits per heavy atom. The van der Waals surface area contributed by atoms with Gasteiger partial charge in [-0.05, 0) is 70.2 Å². The number of halogens is 1. The number of hydrogen-bond donors (Lipinski definition) is 3. The number of nitrogens with one attached hydrogen (secondary N) is 3. The summed E-state index contributed by atoms with van der Waals surface area (Å²) >= 11 is 0. The summed E-state index contributed by atoms with van der Waals surface area (Å²) in [4.78, 5) is 8.19. The number of aromatic nitrogens is 3. The van der Waals surface area contributed by atoms with Gasteiger partial charge in [-0.15, -0.1) is 24.0 Å². The summed E-state index contributed by atoms with van der Waals surface area (Å²) in [6.07, 6.45) is 3.96. The highest BCUT2D eigenvalue weighted by molar-refractivity contribution is 14.0. The maximum atomic E-state index is 4.82. The maximum Gasteiger partial charge on any atom is 0.191 e. The van der Waals surface area contributed by atoms with Crippen LogP contribution in [0.2, 0.25) is 0 Å². The van der Waals surface area contributed by atoms with Crippen LogP contribution in [0.15, 0.2) is 29.4 Å². The van der Waals surface area contributed by atoms with Crippen molar-refractivity contribution in [2.45, 2.75) is 53.5 Å². The van der Waals surface area contributed by atoms with E-state index in [2.05, 4.69) is 79.7 Å². The second-order valence-corrected chi connectivity index (χ2v) is 7.84. The molecular weight excluding hydrogens is 487 g/mol. The molecule has 6 nitrogen and oxygen atoms in total. The van der Waals surface area contributed by atoms with E-state index in [1.807, 2.05) is 11.7 Å². The van der Waals surface area contributed by atoms with E-state index in [1.54, 1.807) is 0 Å². The third-order valence-electron chi connectivity index (χ3n) is 5.54. The van der Waals surface area contributed by atoms with E-state index in [0.717, 1.165) is 37.6 Å². The van der Waals surface area contributed by atoms with E-state index in [0.29, 0.717) is 0 Å². The number of aromatic amines is 1. The smallest absolute Gasteiger partial charge is 0.191 e. The van der Waals surface area contributed by atoms with Gasteiger partial charge in [0.25, 0.3) is 0 Å². The fourth-order valence-electron chi connectivity index (χ4n) is 3.96. The van der Waals surface area contributed by atoms with Crippen molar-refractivity contribution in [1.29, 1.82) is 0 Å². The molecule has 3 N–H and O–H groups in total. The van der Waals surface area contributed by atoms with Gasteiger partial charge in [0, 0.05) is 49.0 Å². The Balaban J connectivity index is 0.00000320. The Bertz CT molecular complexity index is 1000. The topological polar surface area (TPSA) is 70.0 Å². The number of rotatable bonds is 7. The number of fused-ring (bicyclic) bond motifs is 1. The van der Waals surface area contributed by atoms with Crippen LogP contribution in [0.1, 0.15) is 41.9 Å². The van der Waals surface area contributed by atoms with Crippen molar-refractivity contribution in [1.82, 2.24) is 25.4 Å². The van der Waals surface area contributed by atoms with Crippen molar-refractivity contribution >= 4 is 40.8 Å². The minimum atomic E-state index is 0. The SMILES string of the molecule is CCNC(=NCCc1c[nH]c2cccc(C)c12)NC(C)Cc1c(C)nn(C)c1C.I. The number of nitrogens with zero attached hydrogens (tertiary/aromatic N) is 3. The summed E-state index contributed by atoms with van der Waals surface area (Å²) < 4.78 is 1.96. The molecule has 0 amide bonds. The first-order chi connectivity index (χ1) is 13.9. The van der Waals surface area contributed by atoms with Crippen LogP contribution < -0.4 is 10.6 Å². The predicted octanol–water partition coefficient (Wildman–Crippen LogP) is 4.17. The second-order valence-electron chi connectivity index (χ2n) is 7.84. The quantitative estimate of drug-likeness (QED) is 0.248. The van der Waals surface area contributed by atoms with Crippen LogP contribution in [-0.4, -0.2) is 39.9 Å². The highest BCUT2D eigenvalue weighted by atomic mass is 127. The van der Waals surface area contributed by atoms with Crippen molar-refractivity contribution in [3.8, 4) is 0 Å². The third kappa shape index (κ3) is 5.56. The van der Waals surface area contributed by atoms with Crippen LogP contribution in [0.3, 0.4) is 0 Å². The summed E-state index contributed by atoms with van der Waals surface area (Å²) in [5.74, 6) is 0.871. The molecule has 30 heavy (non-hydrogen) atoms. The average molecular weight is 522 g/mol. The molecule has 0 spiro atoms. The van der Waals surface area contributed by atoms with Crippen LogP contribution in [0.5, 0.6) is 0 Å². The average Bonchev–Trinajstić information content (AvgIpc) is 3.19. The highest BCUT2D eigenvalue weighted by Crippen LogP contribution is 2.22. The molecule has 3 aromatic rings. The molecule has 1 aromatic carbocycles. The minimum Gasteiger partial charge on any atom is -0.361 e. The largest absolute Gasteiger partial charge is 0.361 e. The van der Waals surface area contributed by atoms with E-state index < -0.39 is 0 Å². The molecule has 3 rings (SSSR count). The lowest BCUT2D eigenvalue weighted by Gasteiger charge is -2.18. The van der Waals surface area contributed by atoms with E-state index in [9.17, 15) is 0 Å². The Labute approximate surface area is 197 Å². The Kier molecular flexibility index (Phi) is 8.76. The Hall–Kier alpha value is -2.03. The van der Waals surface area contributed by atoms with Crippen molar-refractivity contribution in [3.63, 3.8) is 0 Å². The molecule has 1 unspecified atom stereocenters. The summed E-state index contributed by atoms with van der Waals surface area (Å²) in [5.41, 5.74) is 7.49. The molecule has 0 aliphatic rings. The molecule has 1 atom stereocenters. The van der Waals surface area contributed by atoms with E-state index in [1.165, 1.54) is 33.3 Å². The summed E-state index contributed by atoms with van der Waals surface area (Å²) in [7, 11) is 2.00. The van der Waals surface area contributed by atoms with Gasteiger partial charge in [0.05, 0.1) is 5.69 Å². The van der Waals surface area contributed by atoms with E-state index in [-0.39, 0.29) is 30.0 Å². The van der Waals surface area contributed by atoms with Gasteiger partial charge < -0.3 is 15.6 Å². The van der Waals surface area contributed by atoms with Gasteiger partial charge in [-0.25, -0.2) is 0 Å². The number of hydrogen-bond acceptors (Lipinski definition) is 2. The molecule has 0 radical (unpaired) electrons. The molecule has 164 valence electrons. The zero-order valence-corrected chi connectivity index (χ0v) is 21.3. The van der Waals surface area contributed by atoms with Crippen molar-refractivity contribution < 1.29 is 0 Å². The molecule has 2 heterocycles. The highest BCUT2D eigenvalue weighted by Gasteiger charge is 2.14. The van der Waals surface area contributed by atoms with Crippen LogP contribution >= 0.6 is 24.0 Å². The number of H-pyrrole nitrogens is 1. The fourth-order valence-corrected chi connectivity index (χ4v) is 3.96. The molecule has 7 heteroatoms. The third-order valence-corrected chi connectivity index (χ3v) is 5.54. The van der Waals surface area contributed by atoms with Gasteiger partial charge in [-0.2, -0.15) is 5.10 Å². The summed E-state index contributed by atoms with van der Waals surface area (Å²) in [5, 5.41) is 12.8. The molecule has 0 aliphatic carbocycles. The van der Waals surface area contributed by atoms with Crippen LogP contribution in [-0.2, 0) is 19.9 Å². The monoisotopic (exact) mass is 522 g/mol. The molecule has 0 bridgehead atoms. The fraction of sp³-hybridized carbons (Fsp3) is 0.478. The zero-order valence-electron chi connectivity index (χ0n) is 19.0. The van der Waals surface area contributed by atoms with Crippen molar-refractivity contribution in [2.24, 2.45) is 12.0 Å². The van der Waals surface area contributed by atoms with Gasteiger partial charge >= 0.3 is 0 Å². The van der Waals surface area contributed by atoms with Crippen LogP contribution in [0.4, 0.5) is 0 Å². The molecule has 0 saturated carbocycles. The molecule has 0 saturated heterocycles. The van der Waals surface area contributed by atoms with Crippen molar-refractivity contribution in [2.75, 3.05) is 13.1 Å². The lowest BCUT2D eigenvalue weighted by Crippen LogP contribution is -2.43. The van der Waals surface area contributed by atoms with Gasteiger partial charge in [0.1, 0.15) is 0 Å². The Morgan fingerprint density at radius 2 is 2.03 bits per heavy atom. The standard InChI is InChI=1S/C23H34N6.HI/c1-7-24-23(27-16(3)13-20-17(4)28-29(6)18(20)5)25-12-11-19-14-26-21-10-8-9-15(2)22(19)21;/h8-10,14,16,26H,7,11-13H2,1-6H3,(H2,24,25,27);1H. The van der Waals surface area contributed by atoms with Crippen LogP contribution in [0.25, 0.3) is 10.9 Å². The van der Waals surface area contributed by atoms with E-state index >= 15 is 0 Å². The first kappa shape index (κ1) is 24.2. The normalized spacial score (nSPS) is 12.7. The maximum absolute atomic E-state index is 4.82. The lowest BCUT2D eigenvalue weighted by molar-refractivity contribution is 0.636. The zero-order chi connectivity index (χ0) is 21.0.